The van der Waals surface area contributed by atoms with Crippen LogP contribution in [0.1, 0.15) is 48.1 Å². The molecule has 11 nitrogen and oxygen atoms in total. The van der Waals surface area contributed by atoms with Crippen molar-refractivity contribution in [1.82, 2.24) is 24.9 Å². The molecule has 2 fully saturated rings. The van der Waals surface area contributed by atoms with Crippen molar-refractivity contribution >= 4 is 22.0 Å². The number of para-hydroxylation sites is 1. The zero-order chi connectivity index (χ0) is 26.7. The van der Waals surface area contributed by atoms with E-state index in [-0.39, 0.29) is 24.2 Å². The summed E-state index contributed by atoms with van der Waals surface area (Å²) in [4.78, 5) is 37.2. The minimum atomic E-state index is -3.22. The lowest BCUT2D eigenvalue weighted by Crippen LogP contribution is -2.45. The molecule has 3 atom stereocenters. The summed E-state index contributed by atoms with van der Waals surface area (Å²) in [6.45, 7) is 1.14. The Morgan fingerprint density at radius 2 is 1.97 bits per heavy atom. The van der Waals surface area contributed by atoms with Crippen LogP contribution in [0.25, 0.3) is 11.4 Å². The number of rotatable bonds is 8. The van der Waals surface area contributed by atoms with Gasteiger partial charge >= 0.3 is 0 Å². The first-order chi connectivity index (χ1) is 18.3. The number of pyridine rings is 1. The standard InChI is InChI=1S/C26H29N5O6S/c1-38(34,35)20-11-14-30(16-20)26(33)21-15-18(10-12-27-21)24-28-25(37-29-24)22-9-5-6-13-31(22)23(17-32)36-19-7-3-2-4-8-19/h2-4,7-8,10,12,15,17,20,22-23H,5-6,9,11,13-14,16H2,1H3/t20?,22?,23-/m1/s1. The summed E-state index contributed by atoms with van der Waals surface area (Å²) < 4.78 is 35.3. The molecule has 4 heterocycles. The van der Waals surface area contributed by atoms with Crippen molar-refractivity contribution in [3.8, 4) is 17.1 Å². The molecule has 2 aliphatic rings. The van der Waals surface area contributed by atoms with Crippen molar-refractivity contribution in [1.29, 1.82) is 0 Å². The molecule has 12 heteroatoms. The van der Waals surface area contributed by atoms with E-state index in [1.54, 1.807) is 24.3 Å². The van der Waals surface area contributed by atoms with Gasteiger partial charge in [0.05, 0.1) is 11.3 Å². The Morgan fingerprint density at radius 1 is 1.16 bits per heavy atom. The molecule has 0 aliphatic carbocycles. The van der Waals surface area contributed by atoms with Crippen molar-refractivity contribution in [2.24, 2.45) is 0 Å². The molecule has 3 aromatic rings. The van der Waals surface area contributed by atoms with Crippen molar-refractivity contribution < 1.29 is 27.3 Å². The number of piperidine rings is 1. The maximum absolute atomic E-state index is 13.0. The Hall–Kier alpha value is -3.64. The fourth-order valence-electron chi connectivity index (χ4n) is 4.93. The number of amides is 1. The first kappa shape index (κ1) is 26.0. The van der Waals surface area contributed by atoms with Gasteiger partial charge in [-0.2, -0.15) is 4.98 Å². The molecular weight excluding hydrogens is 510 g/mol. The summed E-state index contributed by atoms with van der Waals surface area (Å²) in [5.41, 5.74) is 0.728. The fourth-order valence-corrected chi connectivity index (χ4v) is 5.92. The van der Waals surface area contributed by atoms with Crippen molar-refractivity contribution in [3.63, 3.8) is 0 Å². The van der Waals surface area contributed by atoms with Gasteiger partial charge in [0, 0.05) is 37.7 Å². The van der Waals surface area contributed by atoms with Crippen LogP contribution in [0.5, 0.6) is 5.75 Å². The van der Waals surface area contributed by atoms with Gasteiger partial charge in [0.15, 0.2) is 16.1 Å². The topological polar surface area (TPSA) is 136 Å². The third-order valence-electron chi connectivity index (χ3n) is 6.99. The number of hydrogen-bond donors (Lipinski definition) is 0. The van der Waals surface area contributed by atoms with Crippen LogP contribution in [0.15, 0.2) is 53.2 Å². The second-order valence-electron chi connectivity index (χ2n) is 9.58. The van der Waals surface area contributed by atoms with Crippen LogP contribution in [0.2, 0.25) is 0 Å². The molecule has 0 spiro atoms. The molecule has 0 N–H and O–H groups in total. The monoisotopic (exact) mass is 539 g/mol. The van der Waals surface area contributed by atoms with Crippen LogP contribution in [0.3, 0.4) is 0 Å². The summed E-state index contributed by atoms with van der Waals surface area (Å²) in [5.74, 6) is 0.912. The number of hydrogen-bond acceptors (Lipinski definition) is 10. The van der Waals surface area contributed by atoms with Crippen LogP contribution in [-0.2, 0) is 14.6 Å². The number of ether oxygens (including phenoxy) is 1. The van der Waals surface area contributed by atoms with Gasteiger partial charge in [-0.05, 0) is 43.5 Å². The first-order valence-corrected chi connectivity index (χ1v) is 14.5. The Kier molecular flexibility index (Phi) is 7.52. The molecule has 0 saturated carbocycles. The number of aldehydes is 1. The Balaban J connectivity index is 1.33. The molecule has 2 unspecified atom stereocenters. The molecule has 1 aromatic carbocycles. The van der Waals surface area contributed by atoms with E-state index < -0.39 is 21.3 Å². The van der Waals surface area contributed by atoms with Crippen molar-refractivity contribution in [3.05, 3.63) is 60.2 Å². The van der Waals surface area contributed by atoms with E-state index in [1.165, 1.54) is 17.4 Å². The Bertz CT molecular complexity index is 1400. The second-order valence-corrected chi connectivity index (χ2v) is 11.9. The van der Waals surface area contributed by atoms with Gasteiger partial charge in [0.2, 0.25) is 17.9 Å². The zero-order valence-corrected chi connectivity index (χ0v) is 21.8. The van der Waals surface area contributed by atoms with Gasteiger partial charge in [-0.15, -0.1) is 0 Å². The maximum atomic E-state index is 13.0. The molecule has 2 saturated heterocycles. The highest BCUT2D eigenvalue weighted by Gasteiger charge is 2.36. The average molecular weight is 540 g/mol. The number of nitrogens with zero attached hydrogens (tertiary/aromatic N) is 5. The van der Waals surface area contributed by atoms with Crippen LogP contribution in [0.4, 0.5) is 0 Å². The lowest BCUT2D eigenvalue weighted by atomic mass is 10.0. The number of carbonyl (C=O) groups is 2. The Labute approximate surface area is 220 Å². The largest absolute Gasteiger partial charge is 0.468 e. The first-order valence-electron chi connectivity index (χ1n) is 12.5. The van der Waals surface area contributed by atoms with Crippen molar-refractivity contribution in [2.75, 3.05) is 25.9 Å². The van der Waals surface area contributed by atoms with Crippen LogP contribution < -0.4 is 4.74 Å². The average Bonchev–Trinajstić information content (AvgIpc) is 3.63. The molecule has 1 amide bonds. The summed E-state index contributed by atoms with van der Waals surface area (Å²) in [6.07, 6.45) is 5.63. The van der Waals surface area contributed by atoms with Gasteiger partial charge in [0.1, 0.15) is 11.4 Å². The molecule has 2 aliphatic heterocycles. The van der Waals surface area contributed by atoms with Gasteiger partial charge in [0.25, 0.3) is 5.91 Å². The Morgan fingerprint density at radius 3 is 2.71 bits per heavy atom. The minimum absolute atomic E-state index is 0.149. The molecule has 38 heavy (non-hydrogen) atoms. The van der Waals surface area contributed by atoms with Gasteiger partial charge in [-0.1, -0.05) is 29.8 Å². The van der Waals surface area contributed by atoms with E-state index in [0.29, 0.717) is 42.5 Å². The van der Waals surface area contributed by atoms with E-state index in [1.807, 2.05) is 23.1 Å². The number of aromatic nitrogens is 3. The predicted molar refractivity (Wildman–Crippen MR) is 137 cm³/mol. The summed E-state index contributed by atoms with van der Waals surface area (Å²) >= 11 is 0. The van der Waals surface area contributed by atoms with Gasteiger partial charge < -0.3 is 14.2 Å². The smallest absolute Gasteiger partial charge is 0.272 e. The SMILES string of the molecule is CS(=O)(=O)C1CCN(C(=O)c2cc(-c3noc(C4CCCCN4[C@@H](C=O)Oc4ccccc4)n3)ccn2)C1. The van der Waals surface area contributed by atoms with Crippen LogP contribution in [0, 0.1) is 0 Å². The van der Waals surface area contributed by atoms with E-state index >= 15 is 0 Å². The summed E-state index contributed by atoms with van der Waals surface area (Å²) in [7, 11) is -3.22. The summed E-state index contributed by atoms with van der Waals surface area (Å²) in [6, 6.07) is 12.1. The normalized spacial score (nSPS) is 21.2. The van der Waals surface area contributed by atoms with Crippen molar-refractivity contribution in [2.45, 2.75) is 43.2 Å². The third-order valence-corrected chi connectivity index (χ3v) is 8.59. The molecular formula is C26H29N5O6S. The lowest BCUT2D eigenvalue weighted by molar-refractivity contribution is -0.126. The highest BCUT2D eigenvalue weighted by atomic mass is 32.2. The summed E-state index contributed by atoms with van der Waals surface area (Å²) in [5, 5.41) is 3.57. The van der Waals surface area contributed by atoms with E-state index in [2.05, 4.69) is 15.1 Å². The molecule has 5 rings (SSSR count). The zero-order valence-electron chi connectivity index (χ0n) is 21.0. The van der Waals surface area contributed by atoms with Crippen LogP contribution in [-0.4, -0.2) is 82.9 Å². The predicted octanol–water partition coefficient (Wildman–Crippen LogP) is 2.52. The molecule has 200 valence electrons. The van der Waals surface area contributed by atoms with E-state index in [4.69, 9.17) is 9.26 Å². The second kappa shape index (κ2) is 11.0. The van der Waals surface area contributed by atoms with E-state index in [9.17, 15) is 18.0 Å². The quantitative estimate of drug-likeness (QED) is 0.393. The molecule has 2 aromatic heterocycles. The van der Waals surface area contributed by atoms with Gasteiger partial charge in [-0.25, -0.2) is 8.42 Å². The lowest BCUT2D eigenvalue weighted by Gasteiger charge is -2.36. The number of likely N-dealkylation sites (tertiary alicyclic amines) is 2. The minimum Gasteiger partial charge on any atom is -0.468 e. The van der Waals surface area contributed by atoms with Crippen LogP contribution >= 0.6 is 0 Å². The third kappa shape index (κ3) is 5.60. The fraction of sp³-hybridized carbons (Fsp3) is 0.423. The number of carbonyl (C=O) groups excluding carboxylic acids is 2. The highest BCUT2D eigenvalue weighted by molar-refractivity contribution is 7.91. The molecule has 0 radical (unpaired) electrons. The molecule has 0 bridgehead atoms. The van der Waals surface area contributed by atoms with Gasteiger partial charge in [-0.3, -0.25) is 19.5 Å². The number of benzene rings is 1. The van der Waals surface area contributed by atoms with E-state index in [0.717, 1.165) is 25.5 Å². The highest BCUT2D eigenvalue weighted by Crippen LogP contribution is 2.33. The maximum Gasteiger partial charge on any atom is 0.272 e. The number of sulfone groups is 1.